The number of hydrogen-bond acceptors (Lipinski definition) is 3. The number of methoxy groups -OCH3 is 1. The van der Waals surface area contributed by atoms with Crippen LogP contribution in [0.4, 0.5) is 0 Å². The highest BCUT2D eigenvalue weighted by Crippen LogP contribution is 2.28. The van der Waals surface area contributed by atoms with Gasteiger partial charge in [0.15, 0.2) is 0 Å². The van der Waals surface area contributed by atoms with Gasteiger partial charge in [0.2, 0.25) is 5.91 Å². The minimum atomic E-state index is -0.0807. The van der Waals surface area contributed by atoms with Crippen molar-refractivity contribution in [3.8, 4) is 5.75 Å². The molecule has 1 N–H and O–H groups in total. The first kappa shape index (κ1) is 16.1. The molecule has 1 aromatic heterocycles. The van der Waals surface area contributed by atoms with E-state index in [-0.39, 0.29) is 18.4 Å². The minimum absolute atomic E-state index is 0.0304. The first-order chi connectivity index (χ1) is 11.6. The highest BCUT2D eigenvalue weighted by molar-refractivity contribution is 5.87. The standard InChI is InChI=1S/C19H21N3O2/c1-13(14-8-5-7-11-18(14)24-3)22(2)19(23)12-17-15-9-4-6-10-16(15)20-21-17/h4-11,13H,12H2,1-3H3,(H,20,21)/t13-/m0/s1. The Bertz CT molecular complexity index is 856. The van der Waals surface area contributed by atoms with Gasteiger partial charge in [0.25, 0.3) is 0 Å². The maximum absolute atomic E-state index is 12.7. The molecule has 1 amide bonds. The SMILES string of the molecule is COc1ccccc1[C@H](C)N(C)C(=O)Cc1[nH]nc2ccccc12. The van der Waals surface area contributed by atoms with E-state index >= 15 is 0 Å². The predicted molar refractivity (Wildman–Crippen MR) is 94.0 cm³/mol. The van der Waals surface area contributed by atoms with Crippen LogP contribution >= 0.6 is 0 Å². The number of carbonyl (C=O) groups excluding carboxylic acids is 1. The summed E-state index contributed by atoms with van der Waals surface area (Å²) in [7, 11) is 3.46. The van der Waals surface area contributed by atoms with Gasteiger partial charge in [-0.15, -0.1) is 0 Å². The summed E-state index contributed by atoms with van der Waals surface area (Å²) >= 11 is 0. The van der Waals surface area contributed by atoms with Crippen LogP contribution in [0.5, 0.6) is 5.75 Å². The van der Waals surface area contributed by atoms with E-state index in [0.717, 1.165) is 27.9 Å². The molecule has 3 aromatic rings. The quantitative estimate of drug-likeness (QED) is 0.783. The summed E-state index contributed by atoms with van der Waals surface area (Å²) in [6.07, 6.45) is 0.288. The molecule has 0 aliphatic rings. The highest BCUT2D eigenvalue weighted by atomic mass is 16.5. The maximum atomic E-state index is 12.7. The zero-order chi connectivity index (χ0) is 17.1. The average Bonchev–Trinajstić information content (AvgIpc) is 3.03. The molecule has 124 valence electrons. The molecule has 5 nitrogen and oxygen atoms in total. The van der Waals surface area contributed by atoms with Gasteiger partial charge in [-0.2, -0.15) is 5.10 Å². The Morgan fingerprint density at radius 1 is 1.21 bits per heavy atom. The van der Waals surface area contributed by atoms with E-state index in [2.05, 4.69) is 10.2 Å². The van der Waals surface area contributed by atoms with Crippen LogP contribution in [-0.2, 0) is 11.2 Å². The average molecular weight is 323 g/mol. The van der Waals surface area contributed by atoms with Crippen LogP contribution in [0.2, 0.25) is 0 Å². The van der Waals surface area contributed by atoms with Crippen LogP contribution in [-0.4, -0.2) is 35.2 Å². The van der Waals surface area contributed by atoms with Crippen LogP contribution in [0.3, 0.4) is 0 Å². The molecule has 0 unspecified atom stereocenters. The van der Waals surface area contributed by atoms with Crippen molar-refractivity contribution in [2.45, 2.75) is 19.4 Å². The molecule has 1 heterocycles. The number of benzene rings is 2. The van der Waals surface area contributed by atoms with E-state index in [1.807, 2.05) is 62.5 Å². The van der Waals surface area contributed by atoms with Crippen LogP contribution in [0.1, 0.15) is 24.2 Å². The highest BCUT2D eigenvalue weighted by Gasteiger charge is 2.21. The number of ether oxygens (including phenoxy) is 1. The smallest absolute Gasteiger partial charge is 0.228 e. The molecule has 0 saturated heterocycles. The first-order valence-electron chi connectivity index (χ1n) is 7.92. The van der Waals surface area contributed by atoms with Gasteiger partial charge in [-0.1, -0.05) is 36.4 Å². The number of carbonyl (C=O) groups is 1. The fourth-order valence-corrected chi connectivity index (χ4v) is 2.86. The molecule has 0 saturated carbocycles. The fourth-order valence-electron chi connectivity index (χ4n) is 2.86. The number of aromatic nitrogens is 2. The van der Waals surface area contributed by atoms with Crippen molar-refractivity contribution in [3.63, 3.8) is 0 Å². The number of H-pyrrole nitrogens is 1. The Labute approximate surface area is 141 Å². The Kier molecular flexibility index (Phi) is 4.51. The van der Waals surface area contributed by atoms with E-state index in [4.69, 9.17) is 4.74 Å². The van der Waals surface area contributed by atoms with Crippen molar-refractivity contribution in [2.24, 2.45) is 0 Å². The second-order valence-electron chi connectivity index (χ2n) is 5.82. The lowest BCUT2D eigenvalue weighted by molar-refractivity contribution is -0.131. The largest absolute Gasteiger partial charge is 0.496 e. The molecule has 0 fully saturated rings. The van der Waals surface area contributed by atoms with E-state index in [1.165, 1.54) is 0 Å². The summed E-state index contributed by atoms with van der Waals surface area (Å²) in [6.45, 7) is 2.00. The molecule has 0 radical (unpaired) electrons. The van der Waals surface area contributed by atoms with Crippen LogP contribution < -0.4 is 4.74 Å². The first-order valence-corrected chi connectivity index (χ1v) is 7.92. The molecule has 2 aromatic carbocycles. The van der Waals surface area contributed by atoms with Gasteiger partial charge in [-0.05, 0) is 19.1 Å². The number of aromatic amines is 1. The minimum Gasteiger partial charge on any atom is -0.496 e. The fraction of sp³-hybridized carbons (Fsp3) is 0.263. The van der Waals surface area contributed by atoms with Gasteiger partial charge >= 0.3 is 0 Å². The summed E-state index contributed by atoms with van der Waals surface area (Å²) in [4.78, 5) is 14.4. The predicted octanol–water partition coefficient (Wildman–Crippen LogP) is 3.33. The molecule has 3 rings (SSSR count). The van der Waals surface area contributed by atoms with Crippen molar-refractivity contribution < 1.29 is 9.53 Å². The third-order valence-corrected chi connectivity index (χ3v) is 4.43. The third kappa shape index (κ3) is 2.97. The summed E-state index contributed by atoms with van der Waals surface area (Å²) in [5.41, 5.74) is 2.71. The van der Waals surface area contributed by atoms with E-state index in [9.17, 15) is 4.79 Å². The molecule has 0 bridgehead atoms. The number of nitrogens with zero attached hydrogens (tertiary/aromatic N) is 2. The van der Waals surface area contributed by atoms with Crippen LogP contribution in [0, 0.1) is 0 Å². The van der Waals surface area contributed by atoms with E-state index in [1.54, 1.807) is 12.0 Å². The maximum Gasteiger partial charge on any atom is 0.228 e. The van der Waals surface area contributed by atoms with Crippen molar-refractivity contribution in [3.05, 3.63) is 59.8 Å². The molecule has 5 heteroatoms. The number of rotatable bonds is 5. The molecule has 0 spiro atoms. The number of nitrogens with one attached hydrogen (secondary N) is 1. The Balaban J connectivity index is 1.79. The number of amides is 1. The van der Waals surface area contributed by atoms with Gasteiger partial charge < -0.3 is 9.64 Å². The summed E-state index contributed by atoms with van der Waals surface area (Å²) in [5.74, 6) is 0.819. The lowest BCUT2D eigenvalue weighted by Crippen LogP contribution is -2.31. The topological polar surface area (TPSA) is 58.2 Å². The molecular weight excluding hydrogens is 302 g/mol. The second kappa shape index (κ2) is 6.74. The van der Waals surface area contributed by atoms with E-state index in [0.29, 0.717) is 0 Å². The van der Waals surface area contributed by atoms with Crippen molar-refractivity contribution in [1.29, 1.82) is 0 Å². The van der Waals surface area contributed by atoms with Crippen molar-refractivity contribution in [1.82, 2.24) is 15.1 Å². The van der Waals surface area contributed by atoms with Gasteiger partial charge in [0.05, 0.1) is 30.8 Å². The number of fused-ring (bicyclic) bond motifs is 1. The van der Waals surface area contributed by atoms with Gasteiger partial charge in [-0.25, -0.2) is 0 Å². The van der Waals surface area contributed by atoms with E-state index < -0.39 is 0 Å². The monoisotopic (exact) mass is 323 g/mol. The zero-order valence-electron chi connectivity index (χ0n) is 14.1. The molecule has 1 atom stereocenters. The summed E-state index contributed by atoms with van der Waals surface area (Å²) in [6, 6.07) is 15.5. The number of likely N-dealkylation sites (N-methyl/N-ethyl adjacent to an activating group) is 1. The van der Waals surface area contributed by atoms with Crippen molar-refractivity contribution >= 4 is 16.8 Å². The molecule has 0 aliphatic heterocycles. The Morgan fingerprint density at radius 3 is 2.71 bits per heavy atom. The molecular formula is C19H21N3O2. The number of para-hydroxylation sites is 2. The Morgan fingerprint density at radius 2 is 1.92 bits per heavy atom. The summed E-state index contributed by atoms with van der Waals surface area (Å²) < 4.78 is 5.41. The molecule has 0 aliphatic carbocycles. The van der Waals surface area contributed by atoms with Crippen LogP contribution in [0.25, 0.3) is 10.9 Å². The van der Waals surface area contributed by atoms with Gasteiger partial charge in [0.1, 0.15) is 5.75 Å². The number of hydrogen-bond donors (Lipinski definition) is 1. The zero-order valence-corrected chi connectivity index (χ0v) is 14.1. The summed E-state index contributed by atoms with van der Waals surface area (Å²) in [5, 5.41) is 8.21. The van der Waals surface area contributed by atoms with Crippen molar-refractivity contribution in [2.75, 3.05) is 14.2 Å². The normalized spacial score (nSPS) is 12.1. The lowest BCUT2D eigenvalue weighted by atomic mass is 10.1. The third-order valence-electron chi connectivity index (χ3n) is 4.43. The second-order valence-corrected chi connectivity index (χ2v) is 5.82. The lowest BCUT2D eigenvalue weighted by Gasteiger charge is -2.26. The van der Waals surface area contributed by atoms with Gasteiger partial charge in [0, 0.05) is 18.0 Å². The Hall–Kier alpha value is -2.82. The molecule has 24 heavy (non-hydrogen) atoms. The van der Waals surface area contributed by atoms with Gasteiger partial charge in [-0.3, -0.25) is 9.89 Å². The van der Waals surface area contributed by atoms with Crippen LogP contribution in [0.15, 0.2) is 48.5 Å².